The van der Waals surface area contributed by atoms with Gasteiger partial charge in [-0.2, -0.15) is 0 Å². The molecule has 0 unspecified atom stereocenters. The Balaban J connectivity index is 3.22. The van der Waals surface area contributed by atoms with Gasteiger partial charge in [-0.3, -0.25) is 0 Å². The van der Waals surface area contributed by atoms with E-state index in [2.05, 4.69) is 54.8 Å². The zero-order valence-electron chi connectivity index (χ0n) is 11.8. The molecule has 0 fully saturated rings. The average molecular weight is 236 g/mol. The Bertz CT molecular complexity index is 374. The Kier molecular flexibility index (Phi) is 4.73. The Hall–Kier alpha value is -1.32. The molecule has 0 amide bonds. The van der Waals surface area contributed by atoms with Gasteiger partial charge < -0.3 is 10.2 Å². The van der Waals surface area contributed by atoms with E-state index in [4.69, 9.17) is 0 Å². The molecule has 0 saturated heterocycles. The third kappa shape index (κ3) is 3.08. The monoisotopic (exact) mass is 236 g/mol. The highest BCUT2D eigenvalue weighted by Gasteiger charge is 2.16. The molecule has 4 heteroatoms. The second kappa shape index (κ2) is 5.84. The van der Waals surface area contributed by atoms with Gasteiger partial charge in [-0.1, -0.05) is 0 Å². The number of anilines is 2. The van der Waals surface area contributed by atoms with Crippen molar-refractivity contribution in [2.75, 3.05) is 23.3 Å². The molecule has 0 aliphatic heterocycles. The molecule has 0 atom stereocenters. The van der Waals surface area contributed by atoms with Gasteiger partial charge in [0.05, 0.1) is 0 Å². The number of nitrogens with one attached hydrogen (secondary N) is 1. The van der Waals surface area contributed by atoms with Gasteiger partial charge in [0, 0.05) is 24.7 Å². The first-order valence-corrected chi connectivity index (χ1v) is 6.36. The third-order valence-corrected chi connectivity index (χ3v) is 2.81. The summed E-state index contributed by atoms with van der Waals surface area (Å²) in [6.07, 6.45) is 0. The maximum atomic E-state index is 4.58. The van der Waals surface area contributed by atoms with Gasteiger partial charge in [0.15, 0.2) is 0 Å². The summed E-state index contributed by atoms with van der Waals surface area (Å²) in [5.74, 6) is 2.82. The summed E-state index contributed by atoms with van der Waals surface area (Å²) in [5.41, 5.74) is 1.13. The van der Waals surface area contributed by atoms with Crippen LogP contribution < -0.4 is 10.2 Å². The summed E-state index contributed by atoms with van der Waals surface area (Å²) in [7, 11) is 0. The van der Waals surface area contributed by atoms with Crippen molar-refractivity contribution in [3.63, 3.8) is 0 Å². The first-order chi connectivity index (χ1) is 8.01. The first-order valence-electron chi connectivity index (χ1n) is 6.36. The quantitative estimate of drug-likeness (QED) is 0.853. The summed E-state index contributed by atoms with van der Waals surface area (Å²) in [6, 6.07) is 0.447. The zero-order valence-corrected chi connectivity index (χ0v) is 11.8. The second-order valence-electron chi connectivity index (χ2n) is 4.48. The molecular formula is C13H24N4. The normalized spacial score (nSPS) is 10.8. The van der Waals surface area contributed by atoms with E-state index in [1.165, 1.54) is 0 Å². The van der Waals surface area contributed by atoms with E-state index >= 15 is 0 Å². The average Bonchev–Trinajstić information content (AvgIpc) is 2.25. The lowest BCUT2D eigenvalue weighted by Gasteiger charge is -2.28. The predicted octanol–water partition coefficient (Wildman–Crippen LogP) is 2.76. The van der Waals surface area contributed by atoms with Crippen LogP contribution in [0.3, 0.4) is 0 Å². The van der Waals surface area contributed by atoms with E-state index in [0.29, 0.717) is 6.04 Å². The summed E-state index contributed by atoms with van der Waals surface area (Å²) in [6.45, 7) is 14.5. The van der Waals surface area contributed by atoms with E-state index in [1.807, 2.05) is 6.92 Å². The standard InChI is InChI=1S/C13H24N4/c1-7-14-12-10(5)13(16-11(6)15-12)17(8-2)9(3)4/h9H,7-8H2,1-6H3,(H,14,15,16). The van der Waals surface area contributed by atoms with E-state index < -0.39 is 0 Å². The third-order valence-electron chi connectivity index (χ3n) is 2.81. The SMILES string of the molecule is CCNc1nc(C)nc(N(CC)C(C)C)c1C. The van der Waals surface area contributed by atoms with Gasteiger partial charge in [0.1, 0.15) is 17.5 Å². The van der Waals surface area contributed by atoms with E-state index in [1.54, 1.807) is 0 Å². The van der Waals surface area contributed by atoms with Crippen molar-refractivity contribution < 1.29 is 0 Å². The maximum Gasteiger partial charge on any atom is 0.137 e. The number of hydrogen-bond donors (Lipinski definition) is 1. The Morgan fingerprint density at radius 2 is 1.82 bits per heavy atom. The van der Waals surface area contributed by atoms with Crippen molar-refractivity contribution in [1.82, 2.24) is 9.97 Å². The van der Waals surface area contributed by atoms with E-state index in [9.17, 15) is 0 Å². The molecule has 4 nitrogen and oxygen atoms in total. The highest BCUT2D eigenvalue weighted by atomic mass is 15.2. The molecule has 96 valence electrons. The molecule has 0 saturated carbocycles. The van der Waals surface area contributed by atoms with Crippen LogP contribution in [-0.2, 0) is 0 Å². The molecule has 0 aliphatic carbocycles. The van der Waals surface area contributed by atoms with Gasteiger partial charge >= 0.3 is 0 Å². The fraction of sp³-hybridized carbons (Fsp3) is 0.692. The van der Waals surface area contributed by atoms with Crippen LogP contribution in [0.2, 0.25) is 0 Å². The summed E-state index contributed by atoms with van der Waals surface area (Å²) < 4.78 is 0. The van der Waals surface area contributed by atoms with Crippen molar-refractivity contribution in [1.29, 1.82) is 0 Å². The minimum Gasteiger partial charge on any atom is -0.370 e. The molecule has 0 spiro atoms. The minimum atomic E-state index is 0.447. The smallest absolute Gasteiger partial charge is 0.137 e. The van der Waals surface area contributed by atoms with Crippen LogP contribution in [0, 0.1) is 13.8 Å². The van der Waals surface area contributed by atoms with Gasteiger partial charge in [-0.05, 0) is 41.5 Å². The first kappa shape index (κ1) is 13.7. The summed E-state index contributed by atoms with van der Waals surface area (Å²) in [4.78, 5) is 11.3. The second-order valence-corrected chi connectivity index (χ2v) is 4.48. The van der Waals surface area contributed by atoms with Crippen LogP contribution in [-0.4, -0.2) is 29.1 Å². The lowest BCUT2D eigenvalue weighted by atomic mass is 10.2. The highest BCUT2D eigenvalue weighted by molar-refractivity contribution is 5.58. The van der Waals surface area contributed by atoms with Crippen molar-refractivity contribution >= 4 is 11.6 Å². The van der Waals surface area contributed by atoms with Crippen molar-refractivity contribution in [3.8, 4) is 0 Å². The van der Waals surface area contributed by atoms with Crippen LogP contribution >= 0.6 is 0 Å². The van der Waals surface area contributed by atoms with Crippen LogP contribution in [0.15, 0.2) is 0 Å². The van der Waals surface area contributed by atoms with Crippen LogP contribution in [0.25, 0.3) is 0 Å². The van der Waals surface area contributed by atoms with Crippen LogP contribution in [0.4, 0.5) is 11.6 Å². The maximum absolute atomic E-state index is 4.58. The fourth-order valence-electron chi connectivity index (χ4n) is 1.99. The van der Waals surface area contributed by atoms with E-state index in [0.717, 1.165) is 36.1 Å². The summed E-state index contributed by atoms with van der Waals surface area (Å²) in [5, 5.41) is 3.30. The van der Waals surface area contributed by atoms with Gasteiger partial charge in [-0.15, -0.1) is 0 Å². The van der Waals surface area contributed by atoms with Gasteiger partial charge in [0.25, 0.3) is 0 Å². The predicted molar refractivity (Wildman–Crippen MR) is 73.8 cm³/mol. The van der Waals surface area contributed by atoms with Crippen molar-refractivity contribution in [3.05, 3.63) is 11.4 Å². The van der Waals surface area contributed by atoms with Crippen molar-refractivity contribution in [2.45, 2.75) is 47.6 Å². The topological polar surface area (TPSA) is 41.1 Å². The molecule has 1 heterocycles. The lowest BCUT2D eigenvalue weighted by molar-refractivity contribution is 0.687. The molecular weight excluding hydrogens is 212 g/mol. The number of aryl methyl sites for hydroxylation is 1. The van der Waals surface area contributed by atoms with Crippen molar-refractivity contribution in [2.24, 2.45) is 0 Å². The number of rotatable bonds is 5. The Morgan fingerprint density at radius 1 is 1.18 bits per heavy atom. The number of hydrogen-bond acceptors (Lipinski definition) is 4. The number of aromatic nitrogens is 2. The molecule has 0 bridgehead atoms. The molecule has 0 aliphatic rings. The molecule has 1 rings (SSSR count). The molecule has 1 aromatic rings. The molecule has 1 aromatic heterocycles. The highest BCUT2D eigenvalue weighted by Crippen LogP contribution is 2.24. The van der Waals surface area contributed by atoms with Crippen LogP contribution in [0.5, 0.6) is 0 Å². The minimum absolute atomic E-state index is 0.447. The van der Waals surface area contributed by atoms with Crippen LogP contribution in [0.1, 0.15) is 39.1 Å². The molecule has 1 N–H and O–H groups in total. The van der Waals surface area contributed by atoms with E-state index in [-0.39, 0.29) is 0 Å². The Labute approximate surface area is 104 Å². The van der Waals surface area contributed by atoms with Gasteiger partial charge in [0.2, 0.25) is 0 Å². The summed E-state index contributed by atoms with van der Waals surface area (Å²) >= 11 is 0. The molecule has 0 radical (unpaired) electrons. The van der Waals surface area contributed by atoms with Gasteiger partial charge in [-0.25, -0.2) is 9.97 Å². The fourth-order valence-corrected chi connectivity index (χ4v) is 1.99. The Morgan fingerprint density at radius 3 is 2.29 bits per heavy atom. The number of nitrogens with zero attached hydrogens (tertiary/aromatic N) is 3. The molecule has 0 aromatic carbocycles. The largest absolute Gasteiger partial charge is 0.370 e. The zero-order chi connectivity index (χ0) is 13.0. The lowest BCUT2D eigenvalue weighted by Crippen LogP contribution is -2.32. The molecule has 17 heavy (non-hydrogen) atoms.